The number of nitrogens with one attached hydrogen (secondary N) is 1. The van der Waals surface area contributed by atoms with E-state index >= 15 is 0 Å². The van der Waals surface area contributed by atoms with Crippen molar-refractivity contribution in [1.82, 2.24) is 4.57 Å². The summed E-state index contributed by atoms with van der Waals surface area (Å²) in [4.78, 5) is 32.5. The van der Waals surface area contributed by atoms with Crippen molar-refractivity contribution < 1.29 is 13.6 Å². The van der Waals surface area contributed by atoms with Gasteiger partial charge in [-0.15, -0.1) is 0 Å². The van der Waals surface area contributed by atoms with Gasteiger partial charge < -0.3 is 9.73 Å². The van der Waals surface area contributed by atoms with Crippen LogP contribution in [-0.2, 0) is 4.79 Å². The summed E-state index contributed by atoms with van der Waals surface area (Å²) in [5.74, 6) is 0.387. The molecule has 198 valence electrons. The molecule has 3 aromatic carbocycles. The predicted molar refractivity (Wildman–Crippen MR) is 157 cm³/mol. The number of anilines is 1. The highest BCUT2D eigenvalue weighted by atomic mass is 79.9. The maximum atomic E-state index is 13.8. The van der Waals surface area contributed by atoms with Crippen LogP contribution in [0, 0.1) is 5.82 Å². The first kappa shape index (κ1) is 25.9. The lowest BCUT2D eigenvalue weighted by Gasteiger charge is -2.25. The second-order valence-electron chi connectivity index (χ2n) is 9.16. The number of thiazole rings is 1. The van der Waals surface area contributed by atoms with E-state index in [9.17, 15) is 14.0 Å². The molecule has 6 nitrogen and oxygen atoms in total. The Morgan fingerprint density at radius 3 is 2.48 bits per heavy atom. The van der Waals surface area contributed by atoms with Gasteiger partial charge in [-0.2, -0.15) is 0 Å². The summed E-state index contributed by atoms with van der Waals surface area (Å²) < 4.78 is 22.7. The number of carbonyl (C=O) groups is 1. The van der Waals surface area contributed by atoms with Crippen LogP contribution in [0.2, 0.25) is 0 Å². The normalized spacial score (nSPS) is 15.1. The summed E-state index contributed by atoms with van der Waals surface area (Å²) in [6.07, 6.45) is 1.68. The van der Waals surface area contributed by atoms with Gasteiger partial charge in [0.05, 0.1) is 21.8 Å². The third kappa shape index (κ3) is 5.01. The van der Waals surface area contributed by atoms with Crippen molar-refractivity contribution in [1.29, 1.82) is 0 Å². The lowest BCUT2D eigenvalue weighted by molar-refractivity contribution is -0.113. The van der Waals surface area contributed by atoms with Crippen LogP contribution >= 0.6 is 27.3 Å². The number of carbonyl (C=O) groups excluding carboxylic acids is 1. The molecule has 0 fully saturated rings. The molecule has 0 aliphatic carbocycles. The Kier molecular flexibility index (Phi) is 6.91. The maximum Gasteiger partial charge on any atom is 0.271 e. The maximum absolute atomic E-state index is 13.8. The zero-order valence-electron chi connectivity index (χ0n) is 21.1. The van der Waals surface area contributed by atoms with E-state index in [0.29, 0.717) is 43.4 Å². The quantitative estimate of drug-likeness (QED) is 0.263. The molecule has 1 N–H and O–H groups in total. The molecule has 1 unspecified atom stereocenters. The molecule has 5 aromatic rings. The third-order valence-electron chi connectivity index (χ3n) is 6.51. The Bertz CT molecular complexity index is 1940. The van der Waals surface area contributed by atoms with E-state index in [1.54, 1.807) is 43.3 Å². The van der Waals surface area contributed by atoms with Gasteiger partial charge in [0.15, 0.2) is 4.80 Å². The van der Waals surface area contributed by atoms with Gasteiger partial charge in [-0.25, -0.2) is 9.38 Å². The summed E-state index contributed by atoms with van der Waals surface area (Å²) in [5, 5.41) is 2.90. The molecule has 2 aromatic heterocycles. The Morgan fingerprint density at radius 2 is 1.75 bits per heavy atom. The molecule has 0 saturated heterocycles. The first-order chi connectivity index (χ1) is 19.4. The predicted octanol–water partition coefficient (Wildman–Crippen LogP) is 6.04. The minimum absolute atomic E-state index is 0.310. The molecule has 0 bridgehead atoms. The molecular weight excluding hydrogens is 593 g/mol. The molecule has 1 aliphatic heterocycles. The van der Waals surface area contributed by atoms with Crippen LogP contribution in [0.1, 0.15) is 24.3 Å². The Morgan fingerprint density at radius 1 is 1.02 bits per heavy atom. The van der Waals surface area contributed by atoms with Crippen molar-refractivity contribution in [3.8, 4) is 11.3 Å². The van der Waals surface area contributed by atoms with E-state index in [2.05, 4.69) is 26.2 Å². The average molecular weight is 614 g/mol. The summed E-state index contributed by atoms with van der Waals surface area (Å²) in [6.45, 7) is 1.74. The van der Waals surface area contributed by atoms with Crippen LogP contribution in [0.5, 0.6) is 0 Å². The fraction of sp³-hybridized carbons (Fsp3) is 0.0645. The fourth-order valence-corrected chi connectivity index (χ4v) is 5.91. The van der Waals surface area contributed by atoms with E-state index in [0.717, 1.165) is 10.0 Å². The number of furan rings is 1. The molecule has 3 heterocycles. The van der Waals surface area contributed by atoms with Gasteiger partial charge in [-0.05, 0) is 61.0 Å². The molecule has 0 radical (unpaired) electrons. The highest BCUT2D eigenvalue weighted by Gasteiger charge is 2.32. The molecule has 1 aliphatic rings. The molecule has 0 saturated carbocycles. The van der Waals surface area contributed by atoms with Crippen molar-refractivity contribution in [3.05, 3.63) is 144 Å². The number of amides is 1. The monoisotopic (exact) mass is 613 g/mol. The van der Waals surface area contributed by atoms with Crippen LogP contribution in [0.15, 0.2) is 121 Å². The minimum atomic E-state index is -0.794. The van der Waals surface area contributed by atoms with Crippen molar-refractivity contribution in [2.75, 3.05) is 5.32 Å². The Hall–Kier alpha value is -4.34. The van der Waals surface area contributed by atoms with Crippen LogP contribution in [0.4, 0.5) is 10.1 Å². The van der Waals surface area contributed by atoms with Crippen molar-refractivity contribution >= 4 is 44.9 Å². The van der Waals surface area contributed by atoms with E-state index in [1.807, 2.05) is 48.5 Å². The molecule has 1 amide bonds. The molecule has 6 rings (SSSR count). The van der Waals surface area contributed by atoms with Gasteiger partial charge in [-0.3, -0.25) is 14.2 Å². The lowest BCUT2D eigenvalue weighted by Crippen LogP contribution is -2.40. The zero-order valence-corrected chi connectivity index (χ0v) is 23.5. The van der Waals surface area contributed by atoms with Crippen LogP contribution < -0.4 is 20.2 Å². The topological polar surface area (TPSA) is 76.6 Å². The van der Waals surface area contributed by atoms with Crippen LogP contribution in [0.3, 0.4) is 0 Å². The Balaban J connectivity index is 1.44. The van der Waals surface area contributed by atoms with Crippen LogP contribution in [-0.4, -0.2) is 10.5 Å². The van der Waals surface area contributed by atoms with Gasteiger partial charge in [0.1, 0.15) is 17.3 Å². The number of nitrogens with zero attached hydrogens (tertiary/aromatic N) is 2. The summed E-state index contributed by atoms with van der Waals surface area (Å²) >= 11 is 4.64. The van der Waals surface area contributed by atoms with E-state index in [4.69, 9.17) is 4.42 Å². The van der Waals surface area contributed by atoms with E-state index in [1.165, 1.54) is 28.0 Å². The van der Waals surface area contributed by atoms with Crippen molar-refractivity contribution in [2.45, 2.75) is 13.0 Å². The standard InChI is InChI=1S/C31H21BrFN3O3S/c1-18-27(29(37)35-23-5-3-2-4-6-23)28(20-9-13-22(33)14-10-20)36-30(38)26(40-31(36)34-18)17-24-15-16-25(39-24)19-7-11-21(32)12-8-19/h2-17,28H,1H3,(H,35,37)/b26-17-. The zero-order chi connectivity index (χ0) is 27.8. The van der Waals surface area contributed by atoms with Gasteiger partial charge in [0.2, 0.25) is 0 Å². The number of para-hydroxylation sites is 1. The summed E-state index contributed by atoms with van der Waals surface area (Å²) in [5.41, 5.74) is 2.58. The molecular formula is C31H21BrFN3O3S. The number of rotatable bonds is 5. The minimum Gasteiger partial charge on any atom is -0.457 e. The number of hydrogen-bond acceptors (Lipinski definition) is 5. The number of hydrogen-bond donors (Lipinski definition) is 1. The first-order valence-corrected chi connectivity index (χ1v) is 14.0. The lowest BCUT2D eigenvalue weighted by atomic mass is 9.95. The second-order valence-corrected chi connectivity index (χ2v) is 11.1. The van der Waals surface area contributed by atoms with Crippen molar-refractivity contribution in [3.63, 3.8) is 0 Å². The summed E-state index contributed by atoms with van der Waals surface area (Å²) in [6, 6.07) is 25.5. The largest absolute Gasteiger partial charge is 0.457 e. The molecule has 9 heteroatoms. The summed E-state index contributed by atoms with van der Waals surface area (Å²) in [7, 11) is 0. The van der Waals surface area contributed by atoms with E-state index in [-0.39, 0.29) is 11.5 Å². The number of benzene rings is 3. The molecule has 1 atom stereocenters. The van der Waals surface area contributed by atoms with Crippen molar-refractivity contribution in [2.24, 2.45) is 4.99 Å². The molecule has 40 heavy (non-hydrogen) atoms. The van der Waals surface area contributed by atoms with Gasteiger partial charge in [0.25, 0.3) is 11.5 Å². The van der Waals surface area contributed by atoms with Gasteiger partial charge in [0, 0.05) is 21.8 Å². The van der Waals surface area contributed by atoms with E-state index < -0.39 is 11.9 Å². The highest BCUT2D eigenvalue weighted by molar-refractivity contribution is 9.10. The first-order valence-electron chi connectivity index (χ1n) is 12.4. The Labute approximate surface area is 240 Å². The second kappa shape index (κ2) is 10.7. The average Bonchev–Trinajstić information content (AvgIpc) is 3.53. The number of allylic oxidation sites excluding steroid dienone is 1. The van der Waals surface area contributed by atoms with Gasteiger partial charge >= 0.3 is 0 Å². The molecule has 0 spiro atoms. The SMILES string of the molecule is CC1=C(C(=O)Nc2ccccc2)C(c2ccc(F)cc2)n2c(s/c(=C\c3ccc(-c4ccc(Br)cc4)o3)c2=O)=N1. The fourth-order valence-electron chi connectivity index (χ4n) is 4.62. The van der Waals surface area contributed by atoms with Gasteiger partial charge in [-0.1, -0.05) is 69.7 Å². The van der Waals surface area contributed by atoms with Crippen LogP contribution in [0.25, 0.3) is 17.4 Å². The highest BCUT2D eigenvalue weighted by Crippen LogP contribution is 2.31. The smallest absolute Gasteiger partial charge is 0.271 e. The number of halogens is 2. The third-order valence-corrected chi connectivity index (χ3v) is 8.02. The number of fused-ring (bicyclic) bond motifs is 1. The number of aromatic nitrogens is 1.